The Balaban J connectivity index is 1.83. The molecular weight excluding hydrogens is 522 g/mol. The summed E-state index contributed by atoms with van der Waals surface area (Å²) in [6, 6.07) is 10.4. The van der Waals surface area contributed by atoms with Crippen LogP contribution in [0.1, 0.15) is 37.8 Å². The van der Waals surface area contributed by atoms with Gasteiger partial charge in [-0.15, -0.1) is 11.3 Å². The number of carbonyl (C=O) groups is 1. The highest BCUT2D eigenvalue weighted by Gasteiger charge is 2.31. The van der Waals surface area contributed by atoms with Gasteiger partial charge in [0.05, 0.1) is 6.54 Å². The van der Waals surface area contributed by atoms with Crippen LogP contribution in [-0.4, -0.2) is 43.0 Å². The van der Waals surface area contributed by atoms with E-state index in [-0.39, 0.29) is 12.3 Å². The van der Waals surface area contributed by atoms with Gasteiger partial charge in [-0.2, -0.15) is 4.31 Å². The van der Waals surface area contributed by atoms with Crippen molar-refractivity contribution in [2.75, 3.05) is 13.1 Å². The molecular formula is C26H30ClNO6S2. The van der Waals surface area contributed by atoms with E-state index in [0.29, 0.717) is 51.2 Å². The molecule has 194 valence electrons. The van der Waals surface area contributed by atoms with E-state index in [2.05, 4.69) is 6.58 Å². The molecule has 0 radical (unpaired) electrons. The summed E-state index contributed by atoms with van der Waals surface area (Å²) >= 11 is 7.39. The first-order valence-electron chi connectivity index (χ1n) is 11.5. The van der Waals surface area contributed by atoms with Crippen LogP contribution in [0.2, 0.25) is 5.02 Å². The normalized spacial score (nSPS) is 12.6. The topological polar surface area (TPSA) is 93.1 Å². The van der Waals surface area contributed by atoms with Gasteiger partial charge >= 0.3 is 5.97 Å². The molecule has 0 fully saturated rings. The van der Waals surface area contributed by atoms with Crippen LogP contribution in [0.5, 0.6) is 11.5 Å². The number of benzene rings is 2. The van der Waals surface area contributed by atoms with Gasteiger partial charge < -0.3 is 14.6 Å². The largest absolute Gasteiger partial charge is 0.489 e. The van der Waals surface area contributed by atoms with Crippen molar-refractivity contribution in [1.82, 2.24) is 4.31 Å². The second-order valence-corrected chi connectivity index (χ2v) is 12.0. The molecule has 3 aromatic rings. The third kappa shape index (κ3) is 6.21. The Kier molecular flexibility index (Phi) is 9.05. The molecule has 0 saturated heterocycles. The van der Waals surface area contributed by atoms with E-state index in [1.165, 1.54) is 15.6 Å². The number of halogens is 1. The van der Waals surface area contributed by atoms with E-state index in [1.807, 2.05) is 26.8 Å². The van der Waals surface area contributed by atoms with Crippen molar-refractivity contribution in [2.24, 2.45) is 0 Å². The molecule has 1 heterocycles. The molecule has 0 bridgehead atoms. The lowest BCUT2D eigenvalue weighted by atomic mass is 10.2. The minimum absolute atomic E-state index is 0.189. The fourth-order valence-electron chi connectivity index (χ4n) is 3.75. The van der Waals surface area contributed by atoms with E-state index in [0.717, 1.165) is 10.1 Å². The van der Waals surface area contributed by atoms with Crippen LogP contribution in [0.3, 0.4) is 0 Å². The molecule has 0 aliphatic rings. The van der Waals surface area contributed by atoms with E-state index in [9.17, 15) is 13.2 Å². The maximum atomic E-state index is 13.7. The SMILES string of the molecule is C=C(Oc1ccc(OC(CC)CN(CCC)S(=O)(=O)c2sc3ccc(Cl)cc3c2C)cc1C)C(=O)O. The van der Waals surface area contributed by atoms with Crippen molar-refractivity contribution in [3.05, 3.63) is 64.9 Å². The van der Waals surface area contributed by atoms with Crippen LogP contribution in [0.25, 0.3) is 10.1 Å². The Bertz CT molecular complexity index is 1380. The van der Waals surface area contributed by atoms with Gasteiger partial charge in [-0.25, -0.2) is 13.2 Å². The van der Waals surface area contributed by atoms with Crippen LogP contribution < -0.4 is 9.47 Å². The molecule has 0 amide bonds. The number of hydrogen-bond donors (Lipinski definition) is 1. The molecule has 1 N–H and O–H groups in total. The molecule has 36 heavy (non-hydrogen) atoms. The summed E-state index contributed by atoms with van der Waals surface area (Å²) in [6.07, 6.45) is 0.851. The zero-order valence-electron chi connectivity index (χ0n) is 20.7. The number of fused-ring (bicyclic) bond motifs is 1. The van der Waals surface area contributed by atoms with E-state index in [4.69, 9.17) is 26.2 Å². The number of nitrogens with zero attached hydrogens (tertiary/aromatic N) is 1. The molecule has 1 unspecified atom stereocenters. The predicted molar refractivity (Wildman–Crippen MR) is 144 cm³/mol. The number of hydrogen-bond acceptors (Lipinski definition) is 6. The van der Waals surface area contributed by atoms with Crippen molar-refractivity contribution in [3.8, 4) is 11.5 Å². The number of sulfonamides is 1. The number of aliphatic carboxylic acids is 1. The van der Waals surface area contributed by atoms with E-state index >= 15 is 0 Å². The molecule has 3 rings (SSSR count). The van der Waals surface area contributed by atoms with Crippen molar-refractivity contribution >= 4 is 49.0 Å². The van der Waals surface area contributed by atoms with Crippen molar-refractivity contribution < 1.29 is 27.8 Å². The fraction of sp³-hybridized carbons (Fsp3) is 0.346. The number of aryl methyl sites for hydroxylation is 2. The standard InChI is InChI=1S/C26H30ClNO6S2/c1-6-12-28(36(31,32)26-17(4)22-14-19(27)8-11-24(22)35-26)15-20(7-2)34-21-9-10-23(16(3)13-21)33-18(5)25(29)30/h8-11,13-14,20H,5-7,12,15H2,1-4H3,(H,29,30). The van der Waals surface area contributed by atoms with Gasteiger partial charge in [-0.1, -0.05) is 25.4 Å². The second kappa shape index (κ2) is 11.6. The summed E-state index contributed by atoms with van der Waals surface area (Å²) in [5.41, 5.74) is 1.36. The molecule has 0 spiro atoms. The Hall–Kier alpha value is -2.59. The highest BCUT2D eigenvalue weighted by molar-refractivity contribution is 7.91. The first-order valence-corrected chi connectivity index (χ1v) is 14.2. The third-order valence-electron chi connectivity index (χ3n) is 5.69. The molecule has 2 aromatic carbocycles. The van der Waals surface area contributed by atoms with Crippen molar-refractivity contribution in [3.63, 3.8) is 0 Å². The lowest BCUT2D eigenvalue weighted by Gasteiger charge is -2.27. The Morgan fingerprint density at radius 2 is 1.92 bits per heavy atom. The maximum Gasteiger partial charge on any atom is 0.371 e. The molecule has 0 saturated carbocycles. The van der Waals surface area contributed by atoms with Crippen LogP contribution in [0.15, 0.2) is 52.9 Å². The fourth-order valence-corrected chi connectivity index (χ4v) is 7.36. The van der Waals surface area contributed by atoms with Gasteiger partial charge in [-0.05, 0) is 86.2 Å². The van der Waals surface area contributed by atoms with Gasteiger partial charge in [-0.3, -0.25) is 0 Å². The van der Waals surface area contributed by atoms with Crippen LogP contribution in [0, 0.1) is 13.8 Å². The van der Waals surface area contributed by atoms with Crippen molar-refractivity contribution in [2.45, 2.75) is 50.8 Å². The first-order chi connectivity index (χ1) is 17.0. The van der Waals surface area contributed by atoms with Gasteiger partial charge in [0.1, 0.15) is 21.8 Å². The van der Waals surface area contributed by atoms with Gasteiger partial charge in [0.15, 0.2) is 0 Å². The van der Waals surface area contributed by atoms with Crippen LogP contribution in [-0.2, 0) is 14.8 Å². The average Bonchev–Trinajstić information content (AvgIpc) is 3.16. The quantitative estimate of drug-likeness (QED) is 0.206. The number of rotatable bonds is 12. The van der Waals surface area contributed by atoms with E-state index < -0.39 is 22.1 Å². The first kappa shape index (κ1) is 28.0. The molecule has 0 aliphatic carbocycles. The Labute approximate surface area is 221 Å². The summed E-state index contributed by atoms with van der Waals surface area (Å²) in [5.74, 6) is -0.722. The van der Waals surface area contributed by atoms with E-state index in [1.54, 1.807) is 37.3 Å². The monoisotopic (exact) mass is 551 g/mol. The minimum Gasteiger partial charge on any atom is -0.489 e. The molecule has 1 atom stereocenters. The van der Waals surface area contributed by atoms with Gasteiger partial charge in [0.25, 0.3) is 10.0 Å². The Morgan fingerprint density at radius 3 is 2.53 bits per heavy atom. The molecule has 7 nitrogen and oxygen atoms in total. The van der Waals surface area contributed by atoms with Gasteiger partial charge in [0, 0.05) is 16.3 Å². The molecule has 0 aliphatic heterocycles. The molecule has 10 heteroatoms. The predicted octanol–water partition coefficient (Wildman–Crippen LogP) is 6.41. The van der Waals surface area contributed by atoms with Crippen molar-refractivity contribution in [1.29, 1.82) is 0 Å². The highest BCUT2D eigenvalue weighted by Crippen LogP contribution is 2.37. The van der Waals surface area contributed by atoms with Gasteiger partial charge in [0.2, 0.25) is 5.76 Å². The average molecular weight is 552 g/mol. The number of carboxylic acids is 1. The van der Waals surface area contributed by atoms with Crippen LogP contribution >= 0.6 is 22.9 Å². The lowest BCUT2D eigenvalue weighted by molar-refractivity contribution is -0.135. The van der Waals surface area contributed by atoms with Crippen LogP contribution in [0.4, 0.5) is 0 Å². The third-order valence-corrected chi connectivity index (χ3v) is 9.66. The number of thiophene rings is 1. The lowest BCUT2D eigenvalue weighted by Crippen LogP contribution is -2.40. The summed E-state index contributed by atoms with van der Waals surface area (Å²) in [7, 11) is -3.76. The smallest absolute Gasteiger partial charge is 0.371 e. The highest BCUT2D eigenvalue weighted by atomic mass is 35.5. The maximum absolute atomic E-state index is 13.7. The number of carboxylic acid groups (broad SMARTS) is 1. The minimum atomic E-state index is -3.76. The zero-order valence-corrected chi connectivity index (χ0v) is 23.1. The summed E-state index contributed by atoms with van der Waals surface area (Å²) in [6.45, 7) is 11.4. The summed E-state index contributed by atoms with van der Waals surface area (Å²) in [4.78, 5) is 11.0. The Morgan fingerprint density at radius 1 is 1.19 bits per heavy atom. The second-order valence-electron chi connectivity index (χ2n) is 8.42. The zero-order chi connectivity index (χ0) is 26.6. The number of ether oxygens (including phenoxy) is 2. The summed E-state index contributed by atoms with van der Waals surface area (Å²) < 4.78 is 41.6. The summed E-state index contributed by atoms with van der Waals surface area (Å²) in [5, 5.41) is 10.4. The molecule has 1 aromatic heterocycles.